The lowest BCUT2D eigenvalue weighted by Gasteiger charge is -2.21. The van der Waals surface area contributed by atoms with Gasteiger partial charge in [-0.15, -0.1) is 0 Å². The van der Waals surface area contributed by atoms with Gasteiger partial charge in [0.25, 0.3) is 0 Å². The number of ether oxygens (including phenoxy) is 1. The van der Waals surface area contributed by atoms with Crippen molar-refractivity contribution in [2.45, 2.75) is 19.4 Å². The minimum absolute atomic E-state index is 0.0304. The smallest absolute Gasteiger partial charge is 0.228 e. The number of amidine groups is 1. The number of halogens is 2. The Labute approximate surface area is 159 Å². The molecule has 2 aromatic rings. The van der Waals surface area contributed by atoms with Gasteiger partial charge in [0.1, 0.15) is 5.69 Å². The van der Waals surface area contributed by atoms with Gasteiger partial charge in [0.15, 0.2) is 11.4 Å². The molecule has 1 heterocycles. The molecule has 0 aliphatic rings. The molecule has 0 bridgehead atoms. The van der Waals surface area contributed by atoms with E-state index in [9.17, 15) is 4.79 Å². The highest BCUT2D eigenvalue weighted by atomic mass is 79.9. The summed E-state index contributed by atoms with van der Waals surface area (Å²) in [6.07, 6.45) is 0. The molecule has 2 N–H and O–H groups in total. The lowest BCUT2D eigenvalue weighted by atomic mass is 9.97. The lowest BCUT2D eigenvalue weighted by molar-refractivity contribution is -0.00185. The van der Waals surface area contributed by atoms with E-state index in [4.69, 9.17) is 26.9 Å². The van der Waals surface area contributed by atoms with Crippen LogP contribution in [-0.4, -0.2) is 29.3 Å². The van der Waals surface area contributed by atoms with Gasteiger partial charge in [-0.25, -0.2) is 4.98 Å². The first-order valence-electron chi connectivity index (χ1n) is 7.27. The summed E-state index contributed by atoms with van der Waals surface area (Å²) in [5, 5.41) is 4.40. The summed E-state index contributed by atoms with van der Waals surface area (Å²) in [4.78, 5) is 22.1. The fourth-order valence-electron chi connectivity index (χ4n) is 1.91. The van der Waals surface area contributed by atoms with Crippen molar-refractivity contribution in [3.8, 4) is 5.88 Å². The summed E-state index contributed by atoms with van der Waals surface area (Å²) in [7, 11) is 1.49. The largest absolute Gasteiger partial charge is 0.480 e. The molecule has 8 heteroatoms. The second-order valence-electron chi connectivity index (χ2n) is 5.60. The molecule has 6 nitrogen and oxygen atoms in total. The molecule has 0 saturated carbocycles. The van der Waals surface area contributed by atoms with Gasteiger partial charge in [-0.3, -0.25) is 4.79 Å². The standard InChI is InChI=1S/C17H17BrClN3O3/c1-17(2,14(23)10-4-6-11(19)7-5-10)25-22-15(20)13-9-8-12(18)16(21-13)24-3/h4-9H,1-3H3,(H2,20,22). The van der Waals surface area contributed by atoms with Crippen LogP contribution in [-0.2, 0) is 4.84 Å². The number of nitrogens with two attached hydrogens (primary N) is 1. The monoisotopic (exact) mass is 425 g/mol. The molecule has 0 unspecified atom stereocenters. The van der Waals surface area contributed by atoms with Crippen LogP contribution < -0.4 is 10.5 Å². The number of pyridine rings is 1. The number of benzene rings is 1. The molecule has 2 rings (SSSR count). The predicted molar refractivity (Wildman–Crippen MR) is 100 cm³/mol. The summed E-state index contributed by atoms with van der Waals surface area (Å²) in [6, 6.07) is 9.92. The molecule has 1 aromatic heterocycles. The van der Waals surface area contributed by atoms with Crippen LogP contribution in [0.5, 0.6) is 5.88 Å². The molecule has 0 amide bonds. The van der Waals surface area contributed by atoms with Crippen LogP contribution in [0.4, 0.5) is 0 Å². The van der Waals surface area contributed by atoms with Crippen molar-refractivity contribution in [1.82, 2.24) is 4.98 Å². The minimum atomic E-state index is -1.21. The van der Waals surface area contributed by atoms with E-state index in [-0.39, 0.29) is 11.6 Å². The van der Waals surface area contributed by atoms with E-state index >= 15 is 0 Å². The molecular weight excluding hydrogens is 410 g/mol. The van der Waals surface area contributed by atoms with Crippen molar-refractivity contribution >= 4 is 39.1 Å². The molecule has 0 saturated heterocycles. The Morgan fingerprint density at radius 2 is 1.88 bits per heavy atom. The minimum Gasteiger partial charge on any atom is -0.480 e. The summed E-state index contributed by atoms with van der Waals surface area (Å²) in [6.45, 7) is 3.21. The normalized spacial score (nSPS) is 12.0. The molecule has 25 heavy (non-hydrogen) atoms. The number of oxime groups is 1. The fraction of sp³-hybridized carbons (Fsp3) is 0.235. The summed E-state index contributed by atoms with van der Waals surface area (Å²) < 4.78 is 5.80. The van der Waals surface area contributed by atoms with Crippen LogP contribution in [0.2, 0.25) is 5.02 Å². The third-order valence-corrected chi connectivity index (χ3v) is 4.15. The van der Waals surface area contributed by atoms with Gasteiger partial charge in [0, 0.05) is 10.6 Å². The van der Waals surface area contributed by atoms with Gasteiger partial charge in [-0.05, 0) is 66.2 Å². The highest BCUT2D eigenvalue weighted by molar-refractivity contribution is 9.10. The molecule has 0 aliphatic heterocycles. The summed E-state index contributed by atoms with van der Waals surface area (Å²) in [5.74, 6) is 0.150. The van der Waals surface area contributed by atoms with E-state index in [0.717, 1.165) is 0 Å². The number of Topliss-reactive ketones (excluding diaryl/α,β-unsaturated/α-hetero) is 1. The number of carbonyl (C=O) groups excluding carboxylic acids is 1. The van der Waals surface area contributed by atoms with Gasteiger partial charge in [-0.2, -0.15) is 0 Å². The number of aromatic nitrogens is 1. The van der Waals surface area contributed by atoms with Crippen LogP contribution in [0, 0.1) is 0 Å². The average molecular weight is 427 g/mol. The third-order valence-electron chi connectivity index (χ3n) is 3.30. The molecule has 0 radical (unpaired) electrons. The maximum absolute atomic E-state index is 12.6. The van der Waals surface area contributed by atoms with Gasteiger partial charge < -0.3 is 15.3 Å². The van der Waals surface area contributed by atoms with Crippen molar-refractivity contribution in [3.05, 3.63) is 57.2 Å². The SMILES string of the molecule is COc1nc(/C(N)=N/OC(C)(C)C(=O)c2ccc(Cl)cc2)ccc1Br. The Kier molecular flexibility index (Phi) is 6.02. The molecule has 0 aliphatic carbocycles. The molecule has 132 valence electrons. The average Bonchev–Trinajstić information content (AvgIpc) is 2.60. The van der Waals surface area contributed by atoms with E-state index < -0.39 is 5.60 Å². The number of hydrogen-bond acceptors (Lipinski definition) is 5. The van der Waals surface area contributed by atoms with Crippen LogP contribution in [0.25, 0.3) is 0 Å². The van der Waals surface area contributed by atoms with Crippen LogP contribution in [0.3, 0.4) is 0 Å². The Bertz CT molecular complexity index is 807. The van der Waals surface area contributed by atoms with Crippen LogP contribution in [0.15, 0.2) is 46.0 Å². The molecular formula is C17H17BrClN3O3. The van der Waals surface area contributed by atoms with E-state index in [2.05, 4.69) is 26.1 Å². The van der Waals surface area contributed by atoms with Gasteiger partial charge in [0.05, 0.1) is 11.6 Å². The van der Waals surface area contributed by atoms with Gasteiger partial charge in [-0.1, -0.05) is 16.8 Å². The number of nitrogens with zero attached hydrogens (tertiary/aromatic N) is 2. The maximum Gasteiger partial charge on any atom is 0.228 e. The summed E-state index contributed by atoms with van der Waals surface area (Å²) >= 11 is 9.14. The fourth-order valence-corrected chi connectivity index (χ4v) is 2.42. The highest BCUT2D eigenvalue weighted by Crippen LogP contribution is 2.23. The van der Waals surface area contributed by atoms with E-state index in [1.807, 2.05) is 0 Å². The van der Waals surface area contributed by atoms with Crippen LogP contribution >= 0.6 is 27.5 Å². The number of carbonyl (C=O) groups is 1. The zero-order valence-electron chi connectivity index (χ0n) is 13.9. The van der Waals surface area contributed by atoms with Crippen molar-refractivity contribution in [2.75, 3.05) is 7.11 Å². The zero-order valence-corrected chi connectivity index (χ0v) is 16.3. The zero-order chi connectivity index (χ0) is 18.6. The van der Waals surface area contributed by atoms with Crippen molar-refractivity contribution in [1.29, 1.82) is 0 Å². The highest BCUT2D eigenvalue weighted by Gasteiger charge is 2.31. The maximum atomic E-state index is 12.6. The van der Waals surface area contributed by atoms with Gasteiger partial charge >= 0.3 is 0 Å². The Morgan fingerprint density at radius 1 is 1.24 bits per heavy atom. The quantitative estimate of drug-likeness (QED) is 0.328. The molecule has 0 spiro atoms. The van der Waals surface area contributed by atoms with Gasteiger partial charge in [0.2, 0.25) is 11.7 Å². The predicted octanol–water partition coefficient (Wildman–Crippen LogP) is 3.80. The number of hydrogen-bond donors (Lipinski definition) is 1. The molecule has 1 aromatic carbocycles. The van der Waals surface area contributed by atoms with Crippen molar-refractivity contribution in [2.24, 2.45) is 10.9 Å². The summed E-state index contributed by atoms with van der Waals surface area (Å²) in [5.41, 5.74) is 5.52. The Balaban J connectivity index is 2.18. The Hall–Kier alpha value is -2.12. The number of methoxy groups -OCH3 is 1. The van der Waals surface area contributed by atoms with E-state index in [1.165, 1.54) is 7.11 Å². The van der Waals surface area contributed by atoms with Crippen LogP contribution in [0.1, 0.15) is 29.9 Å². The van der Waals surface area contributed by atoms with E-state index in [0.29, 0.717) is 26.6 Å². The number of rotatable bonds is 6. The van der Waals surface area contributed by atoms with Crippen molar-refractivity contribution in [3.63, 3.8) is 0 Å². The number of ketones is 1. The second kappa shape index (κ2) is 7.84. The van der Waals surface area contributed by atoms with Crippen molar-refractivity contribution < 1.29 is 14.4 Å². The molecule has 0 fully saturated rings. The first-order valence-corrected chi connectivity index (χ1v) is 8.44. The third kappa shape index (κ3) is 4.70. The van der Waals surface area contributed by atoms with E-state index in [1.54, 1.807) is 50.2 Å². The first kappa shape index (κ1) is 19.2. The topological polar surface area (TPSA) is 86.8 Å². The lowest BCUT2D eigenvalue weighted by Crippen LogP contribution is -2.34. The first-order chi connectivity index (χ1) is 11.7. The second-order valence-corrected chi connectivity index (χ2v) is 6.89. The molecule has 0 atom stereocenters. The Morgan fingerprint density at radius 3 is 2.48 bits per heavy atom.